The predicted molar refractivity (Wildman–Crippen MR) is 87.8 cm³/mol. The Bertz CT molecular complexity index is 683. The monoisotopic (exact) mass is 329 g/mol. The molecule has 2 aromatic heterocycles. The SMILES string of the molecule is CN(C)Cc1nnn2c1CN(C(=O)CCc1cncnc1)CCC2. The van der Waals surface area contributed by atoms with Gasteiger partial charge in [-0.1, -0.05) is 5.21 Å². The Kier molecular flexibility index (Phi) is 5.14. The summed E-state index contributed by atoms with van der Waals surface area (Å²) in [6.07, 6.45) is 7.06. The molecule has 0 saturated heterocycles. The molecular formula is C16H23N7O. The van der Waals surface area contributed by atoms with Gasteiger partial charge < -0.3 is 9.80 Å². The zero-order chi connectivity index (χ0) is 16.9. The Hall–Kier alpha value is -2.35. The third-order valence-electron chi connectivity index (χ3n) is 4.12. The molecule has 8 nitrogen and oxygen atoms in total. The van der Waals surface area contributed by atoms with Crippen LogP contribution in [0.5, 0.6) is 0 Å². The van der Waals surface area contributed by atoms with Crippen molar-refractivity contribution in [2.75, 3.05) is 20.6 Å². The van der Waals surface area contributed by atoms with Gasteiger partial charge in [-0.25, -0.2) is 14.6 Å². The molecule has 0 aromatic carbocycles. The van der Waals surface area contributed by atoms with Crippen LogP contribution in [0.15, 0.2) is 18.7 Å². The summed E-state index contributed by atoms with van der Waals surface area (Å²) in [5.41, 5.74) is 2.99. The van der Waals surface area contributed by atoms with E-state index >= 15 is 0 Å². The van der Waals surface area contributed by atoms with Gasteiger partial charge in [0.05, 0.1) is 12.2 Å². The van der Waals surface area contributed by atoms with Crippen molar-refractivity contribution in [3.8, 4) is 0 Å². The molecule has 1 aliphatic heterocycles. The quantitative estimate of drug-likeness (QED) is 0.794. The van der Waals surface area contributed by atoms with Crippen LogP contribution in [0.2, 0.25) is 0 Å². The highest BCUT2D eigenvalue weighted by Gasteiger charge is 2.23. The number of carbonyl (C=O) groups is 1. The molecule has 2 aromatic rings. The van der Waals surface area contributed by atoms with E-state index in [4.69, 9.17) is 0 Å². The van der Waals surface area contributed by atoms with E-state index in [2.05, 4.69) is 25.2 Å². The summed E-state index contributed by atoms with van der Waals surface area (Å²) in [7, 11) is 4.01. The molecule has 0 aliphatic carbocycles. The minimum Gasteiger partial charge on any atom is -0.337 e. The fraction of sp³-hybridized carbons (Fsp3) is 0.562. The minimum absolute atomic E-state index is 0.157. The minimum atomic E-state index is 0.157. The molecule has 0 spiro atoms. The summed E-state index contributed by atoms with van der Waals surface area (Å²) < 4.78 is 1.94. The predicted octanol–water partition coefficient (Wildman–Crippen LogP) is 0.495. The van der Waals surface area contributed by atoms with Crippen molar-refractivity contribution in [3.05, 3.63) is 35.7 Å². The zero-order valence-corrected chi connectivity index (χ0v) is 14.2. The molecule has 0 saturated carbocycles. The third kappa shape index (κ3) is 3.94. The van der Waals surface area contributed by atoms with Crippen LogP contribution in [0, 0.1) is 0 Å². The van der Waals surface area contributed by atoms with Crippen molar-refractivity contribution < 1.29 is 4.79 Å². The second-order valence-corrected chi connectivity index (χ2v) is 6.36. The largest absolute Gasteiger partial charge is 0.337 e. The first-order valence-corrected chi connectivity index (χ1v) is 8.21. The summed E-state index contributed by atoms with van der Waals surface area (Å²) >= 11 is 0. The topological polar surface area (TPSA) is 80.0 Å². The van der Waals surface area contributed by atoms with E-state index in [-0.39, 0.29) is 5.91 Å². The van der Waals surface area contributed by atoms with E-state index in [1.54, 1.807) is 12.4 Å². The Morgan fingerprint density at radius 1 is 1.25 bits per heavy atom. The lowest BCUT2D eigenvalue weighted by atomic mass is 10.1. The molecule has 0 atom stereocenters. The Balaban J connectivity index is 1.66. The van der Waals surface area contributed by atoms with Gasteiger partial charge in [-0.15, -0.1) is 5.10 Å². The lowest BCUT2D eigenvalue weighted by Crippen LogP contribution is -2.31. The molecule has 1 aliphatic rings. The van der Waals surface area contributed by atoms with Crippen molar-refractivity contribution in [2.45, 2.75) is 38.9 Å². The lowest BCUT2D eigenvalue weighted by molar-refractivity contribution is -0.131. The highest BCUT2D eigenvalue weighted by atomic mass is 16.2. The van der Waals surface area contributed by atoms with Gasteiger partial charge in [0.15, 0.2) is 0 Å². The van der Waals surface area contributed by atoms with E-state index in [9.17, 15) is 4.79 Å². The normalized spacial score (nSPS) is 14.5. The summed E-state index contributed by atoms with van der Waals surface area (Å²) in [4.78, 5) is 24.6. The Labute approximate surface area is 141 Å². The maximum Gasteiger partial charge on any atom is 0.223 e. The molecule has 24 heavy (non-hydrogen) atoms. The van der Waals surface area contributed by atoms with Crippen molar-refractivity contribution in [3.63, 3.8) is 0 Å². The lowest BCUT2D eigenvalue weighted by Gasteiger charge is -2.20. The molecule has 0 N–H and O–H groups in total. The summed E-state index contributed by atoms with van der Waals surface area (Å²) in [5, 5.41) is 8.53. The van der Waals surface area contributed by atoms with E-state index in [0.717, 1.165) is 43.0 Å². The van der Waals surface area contributed by atoms with Crippen molar-refractivity contribution in [2.24, 2.45) is 0 Å². The average molecular weight is 329 g/mol. The first-order valence-electron chi connectivity index (χ1n) is 8.21. The maximum atomic E-state index is 12.6. The number of hydrogen-bond acceptors (Lipinski definition) is 6. The van der Waals surface area contributed by atoms with E-state index in [1.807, 2.05) is 23.7 Å². The summed E-state index contributed by atoms with van der Waals surface area (Å²) in [5.74, 6) is 0.157. The van der Waals surface area contributed by atoms with Crippen LogP contribution >= 0.6 is 0 Å². The van der Waals surface area contributed by atoms with Crippen LogP contribution < -0.4 is 0 Å². The molecule has 1 amide bonds. The second-order valence-electron chi connectivity index (χ2n) is 6.36. The van der Waals surface area contributed by atoms with Crippen molar-refractivity contribution in [1.29, 1.82) is 0 Å². The third-order valence-corrected chi connectivity index (χ3v) is 4.12. The average Bonchev–Trinajstić information content (AvgIpc) is 2.81. The number of nitrogens with zero attached hydrogens (tertiary/aromatic N) is 7. The number of amides is 1. The van der Waals surface area contributed by atoms with Crippen LogP contribution in [0.3, 0.4) is 0 Å². The van der Waals surface area contributed by atoms with Crippen LogP contribution in [-0.4, -0.2) is 61.3 Å². The molecule has 3 rings (SSSR count). The van der Waals surface area contributed by atoms with Crippen molar-refractivity contribution in [1.82, 2.24) is 34.8 Å². The number of carbonyl (C=O) groups excluding carboxylic acids is 1. The number of aromatic nitrogens is 5. The highest BCUT2D eigenvalue weighted by Crippen LogP contribution is 2.17. The summed E-state index contributed by atoms with van der Waals surface area (Å²) in [6.45, 7) is 2.89. The number of fused-ring (bicyclic) bond motifs is 1. The van der Waals surface area contributed by atoms with Gasteiger partial charge >= 0.3 is 0 Å². The van der Waals surface area contributed by atoms with Gasteiger partial charge in [0.25, 0.3) is 0 Å². The molecular weight excluding hydrogens is 306 g/mol. The van der Waals surface area contributed by atoms with Crippen LogP contribution in [0.4, 0.5) is 0 Å². The number of aryl methyl sites for hydroxylation is 2. The molecule has 0 unspecified atom stereocenters. The van der Waals surface area contributed by atoms with Crippen LogP contribution in [-0.2, 0) is 30.8 Å². The smallest absolute Gasteiger partial charge is 0.223 e. The fourth-order valence-corrected chi connectivity index (χ4v) is 2.90. The number of hydrogen-bond donors (Lipinski definition) is 0. The van der Waals surface area contributed by atoms with Gasteiger partial charge in [0.1, 0.15) is 12.0 Å². The van der Waals surface area contributed by atoms with Crippen LogP contribution in [0.25, 0.3) is 0 Å². The maximum absolute atomic E-state index is 12.6. The molecule has 0 radical (unpaired) electrons. The fourth-order valence-electron chi connectivity index (χ4n) is 2.90. The highest BCUT2D eigenvalue weighted by molar-refractivity contribution is 5.76. The van der Waals surface area contributed by atoms with E-state index in [1.165, 1.54) is 6.33 Å². The second kappa shape index (κ2) is 7.48. The zero-order valence-electron chi connectivity index (χ0n) is 14.2. The van der Waals surface area contributed by atoms with Gasteiger partial charge in [-0.3, -0.25) is 4.79 Å². The van der Waals surface area contributed by atoms with Crippen molar-refractivity contribution >= 4 is 5.91 Å². The van der Waals surface area contributed by atoms with Gasteiger partial charge in [-0.2, -0.15) is 0 Å². The first-order chi connectivity index (χ1) is 11.6. The van der Waals surface area contributed by atoms with E-state index in [0.29, 0.717) is 19.4 Å². The van der Waals surface area contributed by atoms with E-state index < -0.39 is 0 Å². The van der Waals surface area contributed by atoms with Crippen LogP contribution in [0.1, 0.15) is 29.8 Å². The summed E-state index contributed by atoms with van der Waals surface area (Å²) in [6, 6.07) is 0. The molecule has 0 fully saturated rings. The molecule has 8 heteroatoms. The van der Waals surface area contributed by atoms with Gasteiger partial charge in [-0.05, 0) is 32.5 Å². The molecule has 0 bridgehead atoms. The van der Waals surface area contributed by atoms with Gasteiger partial charge in [0.2, 0.25) is 5.91 Å². The first kappa shape index (κ1) is 16.5. The Morgan fingerprint density at radius 3 is 2.79 bits per heavy atom. The molecule has 3 heterocycles. The number of rotatable bonds is 5. The standard InChI is InChI=1S/C16H23N7O/c1-21(2)10-14-15-11-22(6-3-7-23(15)20-19-14)16(24)5-4-13-8-17-12-18-9-13/h8-9,12H,3-7,10-11H2,1-2H3. The molecule has 128 valence electrons. The van der Waals surface area contributed by atoms with Gasteiger partial charge in [0, 0.05) is 38.4 Å². The Morgan fingerprint density at radius 2 is 2.04 bits per heavy atom.